The van der Waals surface area contributed by atoms with Crippen LogP contribution in [0.3, 0.4) is 0 Å². The average molecular weight is 1000 g/mol. The summed E-state index contributed by atoms with van der Waals surface area (Å²) in [5, 5.41) is 27.6. The van der Waals surface area contributed by atoms with Crippen LogP contribution in [0.4, 0.5) is 51.5 Å². The number of amides is 3. The summed E-state index contributed by atoms with van der Waals surface area (Å²) < 4.78 is 84.2. The van der Waals surface area contributed by atoms with Crippen LogP contribution in [0.5, 0.6) is 11.8 Å². The fraction of sp³-hybridized carbons (Fsp3) is 0.325. The zero-order valence-electron chi connectivity index (χ0n) is 36.1. The Labute approximate surface area is 391 Å². The monoisotopic (exact) mass is 1000 g/mol. The highest BCUT2D eigenvalue weighted by atomic mass is 35.5. The number of carbonyl (C=O) groups is 3. The van der Waals surface area contributed by atoms with Crippen molar-refractivity contribution in [1.29, 1.82) is 0 Å². The lowest BCUT2D eigenvalue weighted by atomic mass is 10.1. The molecule has 1 heterocycles. The summed E-state index contributed by atoms with van der Waals surface area (Å²) in [6.07, 6.45) is -4.15. The number of methoxy groups -OCH3 is 3. The maximum atomic E-state index is 12.8. The first-order valence-corrected chi connectivity index (χ1v) is 21.6. The predicted octanol–water partition coefficient (Wildman–Crippen LogP) is 8.21. The third-order valence-corrected chi connectivity index (χ3v) is 9.70. The molecule has 0 unspecified atom stereocenters. The van der Waals surface area contributed by atoms with Crippen molar-refractivity contribution in [1.82, 2.24) is 14.7 Å². The van der Waals surface area contributed by atoms with E-state index >= 15 is 0 Å². The van der Waals surface area contributed by atoms with Crippen molar-refractivity contribution in [2.45, 2.75) is 38.6 Å². The Kier molecular flexibility index (Phi) is 22.8. The topological polar surface area (TPSA) is 274 Å². The highest BCUT2D eigenvalue weighted by Crippen LogP contribution is 2.43. The molecule has 0 aliphatic carbocycles. The molecule has 3 aromatic carbocycles. The number of ether oxygens (including phenoxy) is 4. The molecule has 0 saturated heterocycles. The van der Waals surface area contributed by atoms with Gasteiger partial charge in [0.1, 0.15) is 0 Å². The lowest BCUT2D eigenvalue weighted by Crippen LogP contribution is -2.36. The fourth-order valence-electron chi connectivity index (χ4n) is 5.20. The molecule has 0 fully saturated rings. The Morgan fingerprint density at radius 1 is 0.881 bits per heavy atom. The summed E-state index contributed by atoms with van der Waals surface area (Å²) in [5.74, 6) is 4.05. The van der Waals surface area contributed by atoms with Crippen molar-refractivity contribution in [3.05, 3.63) is 109 Å². The van der Waals surface area contributed by atoms with Gasteiger partial charge < -0.3 is 23.8 Å². The number of nitrogens with one attached hydrogen (secondary N) is 3. The first kappa shape index (κ1) is 56.0. The van der Waals surface area contributed by atoms with Gasteiger partial charge in [0.2, 0.25) is 27.7 Å². The molecule has 362 valence electrons. The van der Waals surface area contributed by atoms with Crippen molar-refractivity contribution in [3.63, 3.8) is 0 Å². The molecule has 4 aromatic rings. The SMILES string of the molecule is CCCCN(CC)c1c([N+](=O)[O-])cc(C(F)(F)F)cc1[N+](=O)[O-].COC(=O)c1ccccc1CS(=O)(=O)NC(=O)Nc1nc(OC)cc(OC)n1.O=C(Nc1cccc(Cl)c1)OCC#CCCl. The number of nitro groups is 2. The number of nitro benzene ring substituents is 2. The van der Waals surface area contributed by atoms with Gasteiger partial charge in [-0.15, -0.1) is 11.6 Å². The first-order valence-electron chi connectivity index (χ1n) is 19.1. The smallest absolute Gasteiger partial charge is 0.416 e. The Morgan fingerprint density at radius 3 is 2.00 bits per heavy atom. The quantitative estimate of drug-likeness (QED) is 0.0313. The van der Waals surface area contributed by atoms with Crippen LogP contribution in [0.25, 0.3) is 0 Å². The molecule has 1 aromatic heterocycles. The van der Waals surface area contributed by atoms with Crippen LogP contribution >= 0.6 is 23.2 Å². The second-order valence-electron chi connectivity index (χ2n) is 12.7. The van der Waals surface area contributed by atoms with Crippen molar-refractivity contribution in [2.24, 2.45) is 0 Å². The lowest BCUT2D eigenvalue weighted by molar-refractivity contribution is -0.393. The molecule has 27 heteroatoms. The number of unbranched alkanes of at least 4 members (excludes halogenated alkanes) is 1. The molecule has 0 saturated carbocycles. The highest BCUT2D eigenvalue weighted by molar-refractivity contribution is 7.89. The summed E-state index contributed by atoms with van der Waals surface area (Å²) in [6, 6.07) is 13.7. The number of anilines is 3. The van der Waals surface area contributed by atoms with E-state index in [0.717, 1.165) is 6.42 Å². The number of urea groups is 1. The van der Waals surface area contributed by atoms with E-state index in [9.17, 15) is 56.2 Å². The summed E-state index contributed by atoms with van der Waals surface area (Å²) in [6.45, 7) is 3.98. The normalized spacial score (nSPS) is 10.5. The van der Waals surface area contributed by atoms with Gasteiger partial charge in [0, 0.05) is 35.9 Å². The van der Waals surface area contributed by atoms with E-state index in [1.807, 2.05) is 11.6 Å². The Morgan fingerprint density at radius 2 is 1.49 bits per heavy atom. The Bertz CT molecular complexity index is 2490. The Hall–Kier alpha value is -7.17. The number of sulfonamides is 1. The molecule has 4 rings (SSSR count). The average Bonchev–Trinajstić information content (AvgIpc) is 3.27. The molecule has 21 nitrogen and oxygen atoms in total. The third-order valence-electron chi connectivity index (χ3n) is 8.15. The van der Waals surface area contributed by atoms with E-state index < -0.39 is 66.8 Å². The van der Waals surface area contributed by atoms with Gasteiger partial charge in [-0.3, -0.25) is 30.9 Å². The number of benzene rings is 3. The molecule has 0 spiro atoms. The standard InChI is InChI=1S/C16H18N4O7S.C13H16F3N3O4.C11H9Cl2NO2/c1-25-12-8-13(26-2)18-15(17-12)19-16(22)20-28(23,24)9-10-6-4-5-7-11(10)14(21)27-3;1-3-5-6-17(4-2)12-10(18(20)21)7-9(13(14,15)16)8-11(12)19(22)23;12-6-1-2-7-16-11(15)14-10-5-3-4-9(13)8-10/h4-8H,9H2,1-3H3,(H2,17,18,19,20,22);7-8H,3-6H2,1-2H3;3-5,8H,6-7H2,(H,14,15). The van der Waals surface area contributed by atoms with Crippen LogP contribution in [0.1, 0.15) is 48.2 Å². The number of hydrogen-bond donors (Lipinski definition) is 3. The molecule has 3 amide bonds. The van der Waals surface area contributed by atoms with Crippen LogP contribution in [0, 0.1) is 32.1 Å². The minimum absolute atomic E-state index is 0.0130. The number of nitrogens with zero attached hydrogens (tertiary/aromatic N) is 5. The summed E-state index contributed by atoms with van der Waals surface area (Å²) in [7, 11) is -0.243. The van der Waals surface area contributed by atoms with E-state index in [1.54, 1.807) is 43.3 Å². The van der Waals surface area contributed by atoms with Crippen LogP contribution in [0.2, 0.25) is 5.02 Å². The number of esters is 1. The molecule has 0 atom stereocenters. The second kappa shape index (κ2) is 27.3. The number of alkyl halides is 4. The van der Waals surface area contributed by atoms with E-state index in [1.165, 1.54) is 44.4 Å². The number of hydrogen-bond acceptors (Lipinski definition) is 16. The summed E-state index contributed by atoms with van der Waals surface area (Å²) in [4.78, 5) is 64.4. The fourth-order valence-corrected chi connectivity index (χ4v) is 6.55. The lowest BCUT2D eigenvalue weighted by Gasteiger charge is -2.23. The van der Waals surface area contributed by atoms with Gasteiger partial charge in [0.25, 0.3) is 11.4 Å². The summed E-state index contributed by atoms with van der Waals surface area (Å²) >= 11 is 11.1. The third kappa shape index (κ3) is 19.1. The van der Waals surface area contributed by atoms with E-state index in [4.69, 9.17) is 37.4 Å². The van der Waals surface area contributed by atoms with E-state index in [-0.39, 0.29) is 60.1 Å². The van der Waals surface area contributed by atoms with Crippen LogP contribution < -0.4 is 29.7 Å². The summed E-state index contributed by atoms with van der Waals surface area (Å²) in [5.41, 5.74) is -2.79. The van der Waals surface area contributed by atoms with Gasteiger partial charge in [0.15, 0.2) is 12.3 Å². The van der Waals surface area contributed by atoms with E-state index in [2.05, 4.69) is 37.2 Å². The molecule has 0 aliphatic rings. The van der Waals surface area contributed by atoms with Gasteiger partial charge in [-0.1, -0.05) is 61.1 Å². The number of aromatic nitrogens is 2. The van der Waals surface area contributed by atoms with Crippen LogP contribution in [0.15, 0.2) is 66.7 Å². The molecule has 0 aliphatic heterocycles. The molecular formula is C40H43Cl2F3N8O13S. The van der Waals surface area contributed by atoms with Crippen LogP contribution in [-0.4, -0.2) is 93.2 Å². The van der Waals surface area contributed by atoms with Crippen LogP contribution in [-0.2, 0) is 31.4 Å². The molecular weight excluding hydrogens is 960 g/mol. The molecule has 0 radical (unpaired) electrons. The van der Waals surface area contributed by atoms with Gasteiger partial charge in [-0.2, -0.15) is 23.1 Å². The maximum absolute atomic E-state index is 12.8. The van der Waals surface area contributed by atoms with Crippen molar-refractivity contribution in [2.75, 3.05) is 62.4 Å². The van der Waals surface area contributed by atoms with Gasteiger partial charge in [0.05, 0.1) is 60.0 Å². The maximum Gasteiger partial charge on any atom is 0.416 e. The minimum Gasteiger partial charge on any atom is -0.481 e. The number of halogens is 5. The predicted molar refractivity (Wildman–Crippen MR) is 240 cm³/mol. The van der Waals surface area contributed by atoms with Crippen molar-refractivity contribution in [3.8, 4) is 23.6 Å². The number of rotatable bonds is 16. The minimum atomic E-state index is -4.91. The van der Waals surface area contributed by atoms with Gasteiger partial charge >= 0.3 is 24.3 Å². The van der Waals surface area contributed by atoms with Crippen molar-refractivity contribution >= 4 is 80.0 Å². The number of carbonyl (C=O) groups excluding carboxylic acids is 3. The second-order valence-corrected chi connectivity index (χ2v) is 15.2. The van der Waals surface area contributed by atoms with E-state index in [0.29, 0.717) is 29.3 Å². The molecule has 67 heavy (non-hydrogen) atoms. The Balaban J connectivity index is 0.000000358. The van der Waals surface area contributed by atoms with Gasteiger partial charge in [-0.05, 0) is 43.2 Å². The zero-order valence-corrected chi connectivity index (χ0v) is 38.5. The molecule has 3 N–H and O–H groups in total. The molecule has 0 bridgehead atoms. The zero-order chi connectivity index (χ0) is 50.3. The largest absolute Gasteiger partial charge is 0.481 e. The van der Waals surface area contributed by atoms with Crippen molar-refractivity contribution < 1.29 is 64.8 Å². The highest BCUT2D eigenvalue weighted by Gasteiger charge is 2.39. The first-order chi connectivity index (χ1) is 31.6. The van der Waals surface area contributed by atoms with Gasteiger partial charge in [-0.25, -0.2) is 27.5 Å².